The van der Waals surface area contributed by atoms with E-state index in [9.17, 15) is 0 Å². The fourth-order valence-corrected chi connectivity index (χ4v) is 1.46. The van der Waals surface area contributed by atoms with Gasteiger partial charge in [0, 0.05) is 20.3 Å². The molecule has 0 radical (unpaired) electrons. The highest BCUT2D eigenvalue weighted by Gasteiger charge is 1.99. The number of hydrogen-bond acceptors (Lipinski definition) is 2. The largest absolute Gasteiger partial charge is 0.261 e. The first-order valence-electron chi connectivity index (χ1n) is 6.40. The van der Waals surface area contributed by atoms with Gasteiger partial charge in [-0.3, -0.25) is 4.98 Å². The molecule has 0 fully saturated rings. The Labute approximate surface area is 98.2 Å². The molecule has 0 aliphatic carbocycles. The molecule has 0 amide bonds. The maximum absolute atomic E-state index is 7.73. The zero-order valence-corrected chi connectivity index (χ0v) is 8.67. The quantitative estimate of drug-likeness (QED) is 0.780. The lowest BCUT2D eigenvalue weighted by atomic mass is 10.2. The molecule has 0 atom stereocenters. The summed E-state index contributed by atoms with van der Waals surface area (Å²) in [4.78, 5) is 7.58. The molecule has 2 nitrogen and oxygen atoms in total. The van der Waals surface area contributed by atoms with Crippen LogP contribution >= 0.6 is 15.9 Å². The van der Waals surface area contributed by atoms with Crippen LogP contribution in [0.1, 0.15) is 12.5 Å². The van der Waals surface area contributed by atoms with Crippen LogP contribution in [0, 0.1) is 6.85 Å². The maximum atomic E-state index is 7.73. The lowest BCUT2D eigenvalue weighted by Crippen LogP contribution is -1.88. The monoisotopic (exact) mass is 253 g/mol. The maximum Gasteiger partial charge on any atom is 0.0888 e. The summed E-state index contributed by atoms with van der Waals surface area (Å²) in [5, 5.41) is 0. The summed E-state index contributed by atoms with van der Waals surface area (Å²) in [6.07, 6.45) is -0.695. The minimum absolute atomic E-state index is 0.156. The van der Waals surface area contributed by atoms with Crippen molar-refractivity contribution in [2.75, 3.05) is 0 Å². The molecule has 2 aromatic rings. The molecule has 70 valence electrons. The molecule has 0 N–H and O–H groups in total. The van der Waals surface area contributed by atoms with E-state index in [0.29, 0.717) is 5.56 Å². The molecule has 0 unspecified atom stereocenters. The topological polar surface area (TPSA) is 25.8 Å². The number of rotatable bonds is 1. The zero-order valence-electron chi connectivity index (χ0n) is 12.1. The predicted molar refractivity (Wildman–Crippen MR) is 59.9 cm³/mol. The molecule has 14 heavy (non-hydrogen) atoms. The van der Waals surface area contributed by atoms with Gasteiger partial charge in [0.1, 0.15) is 0 Å². The van der Waals surface area contributed by atoms with Gasteiger partial charge in [-0.25, -0.2) is 4.98 Å². The van der Waals surface area contributed by atoms with E-state index < -0.39 is 18.7 Å². The predicted octanol–water partition coefficient (Wildman–Crippen LogP) is 3.21. The van der Waals surface area contributed by atoms with Crippen LogP contribution in [0.25, 0.3) is 11.3 Å². The Hall–Kier alpha value is -1.22. The molecule has 3 heteroatoms. The summed E-state index contributed by atoms with van der Waals surface area (Å²) in [5.41, 5.74) is 0.347. The Kier molecular flexibility index (Phi) is 1.39. The number of nitrogens with zero attached hydrogens (tertiary/aromatic N) is 2. The van der Waals surface area contributed by atoms with Gasteiger partial charge in [0.2, 0.25) is 0 Å². The van der Waals surface area contributed by atoms with Crippen LogP contribution in [0.4, 0.5) is 0 Å². The van der Waals surface area contributed by atoms with Crippen LogP contribution in [0.2, 0.25) is 0 Å². The second kappa shape index (κ2) is 3.88. The van der Waals surface area contributed by atoms with Crippen LogP contribution in [0.15, 0.2) is 41.1 Å². The third-order valence-corrected chi connectivity index (χ3v) is 2.14. The van der Waals surface area contributed by atoms with Crippen molar-refractivity contribution in [3.63, 3.8) is 0 Å². The molecule has 0 bridgehead atoms. The molecule has 0 aliphatic rings. The molecule has 1 aromatic carbocycles. The van der Waals surface area contributed by atoms with Crippen molar-refractivity contribution in [3.8, 4) is 11.3 Å². The molecule has 0 spiro atoms. The summed E-state index contributed by atoms with van der Waals surface area (Å²) in [6, 6.07) is 6.99. The van der Waals surface area contributed by atoms with Crippen LogP contribution in [0.3, 0.4) is 0 Å². The summed E-state index contributed by atoms with van der Waals surface area (Å²) in [5.74, 6) is 0. The fraction of sp³-hybridized carbons (Fsp3) is 0.0909. The number of halogens is 1. The van der Waals surface area contributed by atoms with E-state index in [1.807, 2.05) is 6.07 Å². The van der Waals surface area contributed by atoms with Gasteiger partial charge in [0.15, 0.2) is 0 Å². The Morgan fingerprint density at radius 2 is 2.36 bits per heavy atom. The third kappa shape index (κ3) is 1.99. The molecule has 1 heterocycles. The van der Waals surface area contributed by atoms with E-state index in [1.165, 1.54) is 0 Å². The third-order valence-electron chi connectivity index (χ3n) is 1.65. The van der Waals surface area contributed by atoms with E-state index in [-0.39, 0.29) is 11.9 Å². The first-order valence-corrected chi connectivity index (χ1v) is 4.70. The molecular weight excluding hydrogens is 240 g/mol. The second-order valence-electron chi connectivity index (χ2n) is 2.65. The standard InChI is InChI=1S/C11H9BrN2/c1-8-6-13-7-11(14-8)9-3-2-4-10(12)5-9/h2-7H,1H3/i1D3,6D,7D. The smallest absolute Gasteiger partial charge is 0.0888 e. The van der Waals surface area contributed by atoms with Crippen molar-refractivity contribution in [1.82, 2.24) is 9.97 Å². The van der Waals surface area contributed by atoms with Crippen LogP contribution in [-0.2, 0) is 0 Å². The van der Waals surface area contributed by atoms with Gasteiger partial charge >= 0.3 is 0 Å². The van der Waals surface area contributed by atoms with Crippen molar-refractivity contribution in [2.45, 2.75) is 6.85 Å². The summed E-state index contributed by atoms with van der Waals surface area (Å²) in [7, 11) is 0. The molecule has 0 aliphatic heterocycles. The van der Waals surface area contributed by atoms with Crippen molar-refractivity contribution >= 4 is 15.9 Å². The van der Waals surface area contributed by atoms with Crippen molar-refractivity contribution < 1.29 is 6.85 Å². The van der Waals surface area contributed by atoms with Crippen LogP contribution in [-0.4, -0.2) is 9.97 Å². The highest BCUT2D eigenvalue weighted by molar-refractivity contribution is 9.10. The number of aryl methyl sites for hydroxylation is 1. The minimum Gasteiger partial charge on any atom is -0.261 e. The van der Waals surface area contributed by atoms with E-state index in [0.717, 1.165) is 4.47 Å². The number of aromatic nitrogens is 2. The Morgan fingerprint density at radius 1 is 1.43 bits per heavy atom. The molecular formula is C11H9BrN2. The van der Waals surface area contributed by atoms with Gasteiger partial charge < -0.3 is 0 Å². The van der Waals surface area contributed by atoms with Gasteiger partial charge in [-0.05, 0) is 19.0 Å². The zero-order chi connectivity index (χ0) is 14.2. The molecule has 2 rings (SSSR count). The lowest BCUT2D eigenvalue weighted by molar-refractivity contribution is 1.12. The van der Waals surface area contributed by atoms with Gasteiger partial charge in [-0.15, -0.1) is 0 Å². The molecule has 0 saturated carbocycles. The Morgan fingerprint density at radius 3 is 3.14 bits per heavy atom. The van der Waals surface area contributed by atoms with Crippen molar-refractivity contribution in [2.24, 2.45) is 0 Å². The van der Waals surface area contributed by atoms with E-state index >= 15 is 0 Å². The van der Waals surface area contributed by atoms with Gasteiger partial charge in [0.25, 0.3) is 0 Å². The van der Waals surface area contributed by atoms with Gasteiger partial charge in [0.05, 0.1) is 20.3 Å². The van der Waals surface area contributed by atoms with E-state index in [2.05, 4.69) is 25.9 Å². The van der Waals surface area contributed by atoms with E-state index in [4.69, 9.17) is 6.85 Å². The summed E-state index contributed by atoms with van der Waals surface area (Å²) < 4.78 is 38.0. The van der Waals surface area contributed by atoms with Crippen molar-refractivity contribution in [3.05, 3.63) is 46.8 Å². The normalized spacial score (nSPS) is 16.2. The lowest BCUT2D eigenvalue weighted by Gasteiger charge is -2.01. The SMILES string of the molecule is [2H]c1nc([2H])c(C([2H])([2H])[2H])nc1-c1cccc(Br)c1. The summed E-state index contributed by atoms with van der Waals surface area (Å²) in [6.45, 7) is -2.52. The minimum atomic E-state index is -2.52. The van der Waals surface area contributed by atoms with Crippen LogP contribution in [0.5, 0.6) is 0 Å². The average Bonchev–Trinajstić information content (AvgIpc) is 2.27. The fourth-order valence-electron chi connectivity index (χ4n) is 1.06. The van der Waals surface area contributed by atoms with Gasteiger partial charge in [-0.1, -0.05) is 28.1 Å². The second-order valence-corrected chi connectivity index (χ2v) is 3.57. The Bertz CT molecular complexity index is 627. The molecule has 1 aromatic heterocycles. The highest BCUT2D eigenvalue weighted by Crippen LogP contribution is 2.20. The average molecular weight is 254 g/mol. The summed E-state index contributed by atoms with van der Waals surface area (Å²) >= 11 is 3.30. The number of benzene rings is 1. The Balaban J connectivity index is 2.64. The van der Waals surface area contributed by atoms with Crippen molar-refractivity contribution in [1.29, 1.82) is 0 Å². The van der Waals surface area contributed by atoms with Crippen LogP contribution < -0.4 is 0 Å². The van der Waals surface area contributed by atoms with Gasteiger partial charge in [-0.2, -0.15) is 0 Å². The van der Waals surface area contributed by atoms with E-state index in [1.54, 1.807) is 18.2 Å². The first-order chi connectivity index (χ1) is 8.79. The number of hydrogen-bond donors (Lipinski definition) is 0. The first kappa shape index (κ1) is 5.03. The molecule has 0 saturated heterocycles. The highest BCUT2D eigenvalue weighted by atomic mass is 79.9.